The molecule has 0 aliphatic carbocycles. The van der Waals surface area contributed by atoms with E-state index in [2.05, 4.69) is 20.8 Å². The third kappa shape index (κ3) is 3.09. The Hall–Kier alpha value is -1.61. The van der Waals surface area contributed by atoms with E-state index in [1.54, 1.807) is 11.3 Å². The number of carbonyl (C=O) groups is 1. The monoisotopic (exact) mass is 315 g/mol. The van der Waals surface area contributed by atoms with Gasteiger partial charge in [0.15, 0.2) is 0 Å². The Labute approximate surface area is 136 Å². The van der Waals surface area contributed by atoms with Crippen LogP contribution in [-0.4, -0.2) is 5.97 Å². The number of aromatic carboxylic acids is 1. The Morgan fingerprint density at radius 1 is 0.909 bits per heavy atom. The van der Waals surface area contributed by atoms with E-state index >= 15 is 0 Å². The molecule has 2 rings (SSSR count). The average Bonchev–Trinajstić information content (AvgIpc) is 2.79. The SMILES string of the molecule is CC(C)(C)c1sc(C(C)(C)C)c(-c2ccccc2)c1C(=O)[O-]. The summed E-state index contributed by atoms with van der Waals surface area (Å²) >= 11 is 1.60. The fourth-order valence-corrected chi connectivity index (χ4v) is 3.99. The Bertz CT molecular complexity index is 683. The first-order chi connectivity index (χ1) is 10.0. The number of carboxylic acid groups (broad SMARTS) is 1. The van der Waals surface area contributed by atoms with Crippen molar-refractivity contribution < 1.29 is 9.90 Å². The summed E-state index contributed by atoms with van der Waals surface area (Å²) in [5.74, 6) is -1.09. The quantitative estimate of drug-likeness (QED) is 0.825. The van der Waals surface area contributed by atoms with Crippen molar-refractivity contribution in [3.05, 3.63) is 45.6 Å². The lowest BCUT2D eigenvalue weighted by molar-refractivity contribution is -0.255. The molecule has 0 radical (unpaired) electrons. The number of rotatable bonds is 2. The molecule has 0 saturated carbocycles. The maximum Gasteiger partial charge on any atom is 0.0733 e. The molecule has 0 spiro atoms. The molecule has 1 heterocycles. The van der Waals surface area contributed by atoms with E-state index in [1.807, 2.05) is 51.1 Å². The highest BCUT2D eigenvalue weighted by Crippen LogP contribution is 2.46. The second kappa shape index (κ2) is 5.54. The highest BCUT2D eigenvalue weighted by molar-refractivity contribution is 7.13. The van der Waals surface area contributed by atoms with Gasteiger partial charge < -0.3 is 9.90 Å². The summed E-state index contributed by atoms with van der Waals surface area (Å²) in [7, 11) is 0. The van der Waals surface area contributed by atoms with Crippen LogP contribution in [0.2, 0.25) is 0 Å². The number of hydrogen-bond acceptors (Lipinski definition) is 3. The normalized spacial score (nSPS) is 12.5. The van der Waals surface area contributed by atoms with Gasteiger partial charge in [-0.2, -0.15) is 0 Å². The summed E-state index contributed by atoms with van der Waals surface area (Å²) < 4.78 is 0. The zero-order valence-corrected chi connectivity index (χ0v) is 14.9. The molecular formula is C19H23O2S-. The Kier molecular flexibility index (Phi) is 4.22. The Morgan fingerprint density at radius 3 is 1.82 bits per heavy atom. The predicted octanol–water partition coefficient (Wildman–Crippen LogP) is 4.37. The molecule has 0 amide bonds. The van der Waals surface area contributed by atoms with Gasteiger partial charge in [-0.25, -0.2) is 0 Å². The number of carbonyl (C=O) groups excluding carboxylic acids is 1. The largest absolute Gasteiger partial charge is 0.545 e. The Balaban J connectivity index is 2.90. The lowest BCUT2D eigenvalue weighted by atomic mass is 9.84. The van der Waals surface area contributed by atoms with Crippen molar-refractivity contribution >= 4 is 17.3 Å². The van der Waals surface area contributed by atoms with Crippen LogP contribution in [-0.2, 0) is 10.8 Å². The average molecular weight is 315 g/mol. The van der Waals surface area contributed by atoms with Crippen molar-refractivity contribution in [2.75, 3.05) is 0 Å². The number of thiophene rings is 1. The van der Waals surface area contributed by atoms with Gasteiger partial charge >= 0.3 is 0 Å². The zero-order chi connectivity index (χ0) is 16.7. The molecule has 0 saturated heterocycles. The first-order valence-electron chi connectivity index (χ1n) is 7.48. The van der Waals surface area contributed by atoms with E-state index in [4.69, 9.17) is 0 Å². The topological polar surface area (TPSA) is 40.1 Å². The van der Waals surface area contributed by atoms with Gasteiger partial charge in [0, 0.05) is 20.9 Å². The van der Waals surface area contributed by atoms with E-state index in [-0.39, 0.29) is 10.8 Å². The first-order valence-corrected chi connectivity index (χ1v) is 8.29. The summed E-state index contributed by atoms with van der Waals surface area (Å²) in [6, 6.07) is 9.76. The first kappa shape index (κ1) is 16.8. The highest BCUT2D eigenvalue weighted by atomic mass is 32.1. The van der Waals surface area contributed by atoms with Gasteiger partial charge in [-0.3, -0.25) is 0 Å². The molecule has 2 nitrogen and oxygen atoms in total. The van der Waals surface area contributed by atoms with Crippen LogP contribution in [0.5, 0.6) is 0 Å². The van der Waals surface area contributed by atoms with E-state index in [9.17, 15) is 9.90 Å². The maximum atomic E-state index is 11.9. The molecule has 0 atom stereocenters. The van der Waals surface area contributed by atoms with Crippen LogP contribution in [0.1, 0.15) is 61.7 Å². The molecule has 0 aliphatic heterocycles. The lowest BCUT2D eigenvalue weighted by Gasteiger charge is -2.20. The van der Waals surface area contributed by atoms with E-state index in [1.165, 1.54) is 0 Å². The fraction of sp³-hybridized carbons (Fsp3) is 0.421. The van der Waals surface area contributed by atoms with Gasteiger partial charge in [0.05, 0.1) is 5.97 Å². The van der Waals surface area contributed by atoms with Crippen molar-refractivity contribution in [1.82, 2.24) is 0 Å². The molecule has 2 aromatic rings. The van der Waals surface area contributed by atoms with Crippen molar-refractivity contribution in [3.8, 4) is 11.1 Å². The van der Waals surface area contributed by atoms with E-state index in [0.29, 0.717) is 5.56 Å². The minimum absolute atomic E-state index is 0.121. The van der Waals surface area contributed by atoms with Crippen LogP contribution in [0, 0.1) is 0 Å². The summed E-state index contributed by atoms with van der Waals surface area (Å²) in [6.45, 7) is 12.5. The van der Waals surface area contributed by atoms with Crippen molar-refractivity contribution in [3.63, 3.8) is 0 Å². The standard InChI is InChI=1S/C19H24O2S/c1-18(2,3)15-13(12-10-8-7-9-11-12)14(17(20)21)16(22-15)19(4,5)6/h7-11H,1-6H3,(H,20,21)/p-1. The van der Waals surface area contributed by atoms with Crippen LogP contribution >= 0.6 is 11.3 Å². The zero-order valence-electron chi connectivity index (χ0n) is 14.1. The van der Waals surface area contributed by atoms with E-state index < -0.39 is 5.97 Å². The third-order valence-corrected chi connectivity index (χ3v) is 5.58. The Morgan fingerprint density at radius 2 is 1.41 bits per heavy atom. The van der Waals surface area contributed by atoms with Crippen LogP contribution in [0.4, 0.5) is 0 Å². The van der Waals surface area contributed by atoms with Crippen LogP contribution in [0.3, 0.4) is 0 Å². The number of carboxylic acids is 1. The van der Waals surface area contributed by atoms with Gasteiger partial charge in [0.1, 0.15) is 0 Å². The van der Waals surface area contributed by atoms with Crippen LogP contribution < -0.4 is 5.11 Å². The summed E-state index contributed by atoms with van der Waals surface area (Å²) in [6.07, 6.45) is 0. The summed E-state index contributed by atoms with van der Waals surface area (Å²) in [4.78, 5) is 13.9. The summed E-state index contributed by atoms with van der Waals surface area (Å²) in [5.41, 5.74) is 1.77. The minimum atomic E-state index is -1.09. The molecule has 0 fully saturated rings. The van der Waals surface area contributed by atoms with Gasteiger partial charge in [-0.05, 0) is 16.4 Å². The molecule has 22 heavy (non-hydrogen) atoms. The van der Waals surface area contributed by atoms with Crippen LogP contribution in [0.15, 0.2) is 30.3 Å². The molecular weight excluding hydrogens is 292 g/mol. The second-order valence-electron chi connectivity index (χ2n) is 7.66. The number of benzene rings is 1. The summed E-state index contributed by atoms with van der Waals surface area (Å²) in [5, 5.41) is 11.9. The maximum absolute atomic E-state index is 11.9. The predicted molar refractivity (Wildman–Crippen MR) is 91.5 cm³/mol. The minimum Gasteiger partial charge on any atom is -0.545 e. The van der Waals surface area contributed by atoms with E-state index in [0.717, 1.165) is 20.9 Å². The molecule has 1 aromatic carbocycles. The van der Waals surface area contributed by atoms with Gasteiger partial charge in [-0.15, -0.1) is 11.3 Å². The van der Waals surface area contributed by atoms with Gasteiger partial charge in [-0.1, -0.05) is 71.9 Å². The molecule has 3 heteroatoms. The second-order valence-corrected chi connectivity index (χ2v) is 8.68. The molecule has 0 unspecified atom stereocenters. The fourth-order valence-electron chi connectivity index (χ4n) is 2.56. The number of hydrogen-bond donors (Lipinski definition) is 0. The molecule has 0 aliphatic rings. The van der Waals surface area contributed by atoms with Crippen molar-refractivity contribution in [2.24, 2.45) is 0 Å². The van der Waals surface area contributed by atoms with Crippen molar-refractivity contribution in [2.45, 2.75) is 52.4 Å². The smallest absolute Gasteiger partial charge is 0.0733 e. The third-order valence-electron chi connectivity index (χ3n) is 3.54. The van der Waals surface area contributed by atoms with Gasteiger partial charge in [0.25, 0.3) is 0 Å². The molecule has 1 aromatic heterocycles. The molecule has 118 valence electrons. The molecule has 0 bridgehead atoms. The van der Waals surface area contributed by atoms with Gasteiger partial charge in [0.2, 0.25) is 0 Å². The lowest BCUT2D eigenvalue weighted by Crippen LogP contribution is -2.26. The van der Waals surface area contributed by atoms with Crippen LogP contribution in [0.25, 0.3) is 11.1 Å². The molecule has 0 N–H and O–H groups in total. The highest BCUT2D eigenvalue weighted by Gasteiger charge is 2.31. The van der Waals surface area contributed by atoms with Crippen molar-refractivity contribution in [1.29, 1.82) is 0 Å².